The number of fused-ring (bicyclic) bond motifs is 1. The topological polar surface area (TPSA) is 65.1 Å². The third kappa shape index (κ3) is 7.16. The average Bonchev–Trinajstić information content (AvgIpc) is 3.32. The van der Waals surface area contributed by atoms with Crippen LogP contribution in [0.4, 0.5) is 0 Å². The fourth-order valence-corrected chi connectivity index (χ4v) is 7.01. The van der Waals surface area contributed by atoms with Crippen LogP contribution in [0.15, 0.2) is 24.3 Å². The number of piperazine rings is 1. The van der Waals surface area contributed by atoms with E-state index in [-0.39, 0.29) is 24.2 Å². The van der Waals surface area contributed by atoms with E-state index in [4.69, 9.17) is 16.3 Å². The number of rotatable bonds is 6. The summed E-state index contributed by atoms with van der Waals surface area (Å²) in [6, 6.07) is 7.65. The number of hydrogen-bond donors (Lipinski definition) is 1. The molecular formula is C27H38Cl2N4O3S. The Hall–Kier alpha value is -1.42. The van der Waals surface area contributed by atoms with E-state index in [0.717, 1.165) is 75.4 Å². The van der Waals surface area contributed by atoms with Gasteiger partial charge in [0.1, 0.15) is 6.04 Å². The van der Waals surface area contributed by atoms with Crippen molar-refractivity contribution < 1.29 is 14.3 Å². The van der Waals surface area contributed by atoms with Gasteiger partial charge in [-0.25, -0.2) is 0 Å². The summed E-state index contributed by atoms with van der Waals surface area (Å²) in [5, 5.41) is 4.77. The lowest BCUT2D eigenvalue weighted by atomic mass is 9.91. The summed E-state index contributed by atoms with van der Waals surface area (Å²) in [6.45, 7) is 7.03. The maximum atomic E-state index is 13.7. The number of amides is 2. The van der Waals surface area contributed by atoms with E-state index in [0.29, 0.717) is 28.3 Å². The maximum Gasteiger partial charge on any atom is 0.262 e. The van der Waals surface area contributed by atoms with Gasteiger partial charge in [0, 0.05) is 55.2 Å². The van der Waals surface area contributed by atoms with Crippen LogP contribution in [0, 0.1) is 5.92 Å². The number of carbonyl (C=O) groups excluding carboxylic acids is 2. The highest BCUT2D eigenvalue weighted by Crippen LogP contribution is 2.29. The van der Waals surface area contributed by atoms with Crippen molar-refractivity contribution in [3.8, 4) is 0 Å². The molecule has 7 nitrogen and oxygen atoms in total. The third-order valence-corrected chi connectivity index (χ3v) is 9.38. The van der Waals surface area contributed by atoms with Crippen LogP contribution in [0.5, 0.6) is 0 Å². The van der Waals surface area contributed by atoms with E-state index in [9.17, 15) is 9.59 Å². The molecular weight excluding hydrogens is 531 g/mol. The first-order chi connectivity index (χ1) is 17.5. The van der Waals surface area contributed by atoms with Gasteiger partial charge in [0.2, 0.25) is 5.91 Å². The van der Waals surface area contributed by atoms with Gasteiger partial charge in [0.05, 0.1) is 4.88 Å². The van der Waals surface area contributed by atoms with Gasteiger partial charge >= 0.3 is 0 Å². The summed E-state index contributed by atoms with van der Waals surface area (Å²) in [6.07, 6.45) is 4.94. The molecule has 0 saturated carbocycles. The molecule has 10 heteroatoms. The van der Waals surface area contributed by atoms with Crippen molar-refractivity contribution in [2.45, 2.75) is 44.2 Å². The minimum atomic E-state index is -0.510. The maximum absolute atomic E-state index is 13.7. The van der Waals surface area contributed by atoms with Crippen LogP contribution in [-0.2, 0) is 9.53 Å². The molecule has 0 unspecified atom stereocenters. The van der Waals surface area contributed by atoms with Crippen molar-refractivity contribution in [2.75, 3.05) is 59.5 Å². The van der Waals surface area contributed by atoms with E-state index < -0.39 is 6.04 Å². The number of hydrogen-bond acceptors (Lipinski definition) is 6. The minimum absolute atomic E-state index is 0. The quantitative estimate of drug-likeness (QED) is 0.567. The predicted octanol–water partition coefficient (Wildman–Crippen LogP) is 4.13. The first kappa shape index (κ1) is 28.6. The van der Waals surface area contributed by atoms with Crippen LogP contribution in [-0.4, -0.2) is 98.1 Å². The molecule has 2 amide bonds. The van der Waals surface area contributed by atoms with Crippen molar-refractivity contribution in [3.05, 3.63) is 34.2 Å². The van der Waals surface area contributed by atoms with Crippen LogP contribution in [0.3, 0.4) is 0 Å². The van der Waals surface area contributed by atoms with Gasteiger partial charge in [0.25, 0.3) is 5.91 Å². The Morgan fingerprint density at radius 3 is 2.46 bits per heavy atom. The fraction of sp³-hybridized carbons (Fsp3) is 0.630. The molecule has 37 heavy (non-hydrogen) atoms. The second-order valence-electron chi connectivity index (χ2n) is 10.5. The van der Waals surface area contributed by atoms with Gasteiger partial charge in [-0.05, 0) is 81.7 Å². The summed E-state index contributed by atoms with van der Waals surface area (Å²) >= 11 is 7.55. The smallest absolute Gasteiger partial charge is 0.262 e. The molecule has 1 atom stereocenters. The fourth-order valence-electron chi connectivity index (χ4n) is 5.77. The SMILES string of the molecule is CN1CCC(N2CCN(C(=O)[C@H](CC3CCOCC3)NC(=O)c3cc4ccc(Cl)cc4s3)CC2)CC1.Cl. The Bertz CT molecular complexity index is 1060. The molecule has 0 spiro atoms. The zero-order chi connectivity index (χ0) is 25.1. The molecule has 2 aromatic rings. The number of thiophene rings is 1. The summed E-state index contributed by atoms with van der Waals surface area (Å²) in [4.78, 5) is 34.5. The van der Waals surface area contributed by atoms with Crippen LogP contribution >= 0.6 is 35.3 Å². The van der Waals surface area contributed by atoms with Crippen LogP contribution in [0.2, 0.25) is 5.02 Å². The second kappa shape index (κ2) is 13.1. The van der Waals surface area contributed by atoms with Crippen LogP contribution in [0.25, 0.3) is 10.1 Å². The van der Waals surface area contributed by atoms with Crippen LogP contribution in [0.1, 0.15) is 41.8 Å². The van der Waals surface area contributed by atoms with Crippen molar-refractivity contribution >= 4 is 57.2 Å². The van der Waals surface area contributed by atoms with Crippen molar-refractivity contribution in [1.82, 2.24) is 20.0 Å². The van der Waals surface area contributed by atoms with Gasteiger partial charge in [0.15, 0.2) is 0 Å². The first-order valence-electron chi connectivity index (χ1n) is 13.3. The second-order valence-corrected chi connectivity index (χ2v) is 12.0. The van der Waals surface area contributed by atoms with E-state index in [1.54, 1.807) is 0 Å². The zero-order valence-electron chi connectivity index (χ0n) is 21.5. The number of nitrogens with zero attached hydrogens (tertiary/aromatic N) is 3. The van der Waals surface area contributed by atoms with Crippen LogP contribution < -0.4 is 5.32 Å². The molecule has 4 heterocycles. The molecule has 5 rings (SSSR count). The van der Waals surface area contributed by atoms with Gasteiger partial charge in [-0.2, -0.15) is 0 Å². The van der Waals surface area contributed by atoms with Gasteiger partial charge in [-0.15, -0.1) is 23.7 Å². The standard InChI is InChI=1S/C27H37ClN4O3S.ClH/c1-30-8-4-22(5-9-30)31-10-12-32(13-11-31)27(34)23(16-19-6-14-35-15-7-19)29-26(33)25-17-20-2-3-21(28)18-24(20)36-25;/h2-3,17-19,22-23H,4-16H2,1H3,(H,29,33);1H/t23-;/m0./s1. The van der Waals surface area contributed by atoms with Gasteiger partial charge in [-0.3, -0.25) is 14.5 Å². The van der Waals surface area contributed by atoms with Crippen molar-refractivity contribution in [3.63, 3.8) is 0 Å². The van der Waals surface area contributed by atoms with Crippen molar-refractivity contribution in [2.24, 2.45) is 5.92 Å². The Balaban J connectivity index is 0.00000320. The minimum Gasteiger partial charge on any atom is -0.381 e. The number of nitrogens with one attached hydrogen (secondary N) is 1. The zero-order valence-corrected chi connectivity index (χ0v) is 23.9. The van der Waals surface area contributed by atoms with E-state index in [2.05, 4.69) is 22.2 Å². The number of ether oxygens (including phenoxy) is 1. The molecule has 0 bridgehead atoms. The molecule has 3 aliphatic heterocycles. The normalized spacial score (nSPS) is 21.5. The average molecular weight is 570 g/mol. The Kier molecular flexibility index (Phi) is 10.1. The van der Waals surface area contributed by atoms with E-state index in [1.165, 1.54) is 24.2 Å². The molecule has 0 aliphatic carbocycles. The Morgan fingerprint density at radius 2 is 1.76 bits per heavy atom. The summed E-state index contributed by atoms with van der Waals surface area (Å²) in [7, 11) is 2.19. The monoisotopic (exact) mass is 568 g/mol. The molecule has 0 radical (unpaired) electrons. The lowest BCUT2D eigenvalue weighted by Crippen LogP contribution is -2.57. The highest BCUT2D eigenvalue weighted by atomic mass is 35.5. The first-order valence-corrected chi connectivity index (χ1v) is 14.4. The summed E-state index contributed by atoms with van der Waals surface area (Å²) in [5.74, 6) is 0.263. The largest absolute Gasteiger partial charge is 0.381 e. The molecule has 3 fully saturated rings. The molecule has 1 aromatic heterocycles. The highest BCUT2D eigenvalue weighted by molar-refractivity contribution is 7.20. The number of likely N-dealkylation sites (tertiary alicyclic amines) is 1. The summed E-state index contributed by atoms with van der Waals surface area (Å²) < 4.78 is 6.50. The van der Waals surface area contributed by atoms with Gasteiger partial charge in [-0.1, -0.05) is 17.7 Å². The molecule has 3 saturated heterocycles. The molecule has 1 aromatic carbocycles. The number of piperidine rings is 1. The number of carbonyl (C=O) groups is 2. The highest BCUT2D eigenvalue weighted by Gasteiger charge is 2.33. The molecule has 204 valence electrons. The van der Waals surface area contributed by atoms with Gasteiger partial charge < -0.3 is 19.9 Å². The van der Waals surface area contributed by atoms with E-state index >= 15 is 0 Å². The Morgan fingerprint density at radius 1 is 1.05 bits per heavy atom. The number of halogens is 2. The predicted molar refractivity (Wildman–Crippen MR) is 152 cm³/mol. The Labute approximate surface area is 234 Å². The molecule has 1 N–H and O–H groups in total. The molecule has 3 aliphatic rings. The van der Waals surface area contributed by atoms with E-state index in [1.807, 2.05) is 29.2 Å². The lowest BCUT2D eigenvalue weighted by molar-refractivity contribution is -0.136. The van der Waals surface area contributed by atoms with Crippen molar-refractivity contribution in [1.29, 1.82) is 0 Å². The lowest BCUT2D eigenvalue weighted by Gasteiger charge is -2.43. The number of benzene rings is 1. The third-order valence-electron chi connectivity index (χ3n) is 8.05. The summed E-state index contributed by atoms with van der Waals surface area (Å²) in [5.41, 5.74) is 0.